The van der Waals surface area contributed by atoms with Crippen molar-refractivity contribution in [2.75, 3.05) is 46.4 Å². The number of carbonyl (C=O) groups is 1. The number of nitrogens with zero attached hydrogens (tertiary/aromatic N) is 4. The molecule has 1 aromatic rings. The lowest BCUT2D eigenvalue weighted by atomic mass is 10.2. The predicted molar refractivity (Wildman–Crippen MR) is 99.0 cm³/mol. The van der Waals surface area contributed by atoms with Crippen LogP contribution in [0.5, 0.6) is 0 Å². The van der Waals surface area contributed by atoms with Gasteiger partial charge in [0.05, 0.1) is 5.01 Å². The zero-order chi connectivity index (χ0) is 17.6. The lowest BCUT2D eigenvalue weighted by Gasteiger charge is -2.37. The standard InChI is InChI=1S/C17H27N5O2S/c1-13-12-20-15(25-13)5-6-19-17(18-2)22-9-7-21(8-10-22)16(23)14-4-3-11-24-14/h12,14H,3-11H2,1-2H3,(H,18,19). The third-order valence-electron chi connectivity index (χ3n) is 4.60. The molecule has 0 spiro atoms. The second-order valence-corrected chi connectivity index (χ2v) is 7.72. The summed E-state index contributed by atoms with van der Waals surface area (Å²) >= 11 is 1.74. The summed E-state index contributed by atoms with van der Waals surface area (Å²) in [6.07, 6.45) is 4.45. The second-order valence-electron chi connectivity index (χ2n) is 6.40. The van der Waals surface area contributed by atoms with Crippen LogP contribution >= 0.6 is 11.3 Å². The third kappa shape index (κ3) is 4.70. The monoisotopic (exact) mass is 365 g/mol. The van der Waals surface area contributed by atoms with Gasteiger partial charge in [-0.05, 0) is 19.8 Å². The summed E-state index contributed by atoms with van der Waals surface area (Å²) < 4.78 is 5.51. The molecule has 2 saturated heterocycles. The summed E-state index contributed by atoms with van der Waals surface area (Å²) in [6.45, 7) is 6.66. The van der Waals surface area contributed by atoms with Crippen molar-refractivity contribution < 1.29 is 9.53 Å². The summed E-state index contributed by atoms with van der Waals surface area (Å²) in [7, 11) is 1.81. The van der Waals surface area contributed by atoms with Gasteiger partial charge >= 0.3 is 0 Å². The molecular formula is C17H27N5O2S. The van der Waals surface area contributed by atoms with Crippen LogP contribution in [0, 0.1) is 6.92 Å². The molecule has 0 aliphatic carbocycles. The molecule has 1 atom stereocenters. The van der Waals surface area contributed by atoms with E-state index in [4.69, 9.17) is 4.74 Å². The highest BCUT2D eigenvalue weighted by Crippen LogP contribution is 2.16. The van der Waals surface area contributed by atoms with E-state index in [1.165, 1.54) is 4.88 Å². The van der Waals surface area contributed by atoms with Crippen LogP contribution in [0.2, 0.25) is 0 Å². The first kappa shape index (κ1) is 18.1. The zero-order valence-electron chi connectivity index (χ0n) is 15.0. The average molecular weight is 366 g/mol. The summed E-state index contributed by atoms with van der Waals surface area (Å²) in [5.41, 5.74) is 0. The SMILES string of the molecule is CN=C(NCCc1ncc(C)s1)N1CCN(C(=O)C2CCCO2)CC1. The largest absolute Gasteiger partial charge is 0.368 e. The van der Waals surface area contributed by atoms with Gasteiger partial charge in [0.2, 0.25) is 0 Å². The van der Waals surface area contributed by atoms with Crippen molar-refractivity contribution in [3.63, 3.8) is 0 Å². The van der Waals surface area contributed by atoms with Gasteiger partial charge in [-0.3, -0.25) is 9.79 Å². The zero-order valence-corrected chi connectivity index (χ0v) is 15.8. The molecule has 1 unspecified atom stereocenters. The number of guanidine groups is 1. The first-order valence-corrected chi connectivity index (χ1v) is 9.76. The number of aromatic nitrogens is 1. The van der Waals surface area contributed by atoms with Gasteiger partial charge in [0.25, 0.3) is 5.91 Å². The van der Waals surface area contributed by atoms with Crippen LogP contribution in [0.3, 0.4) is 0 Å². The Bertz CT molecular complexity index is 604. The number of piperazine rings is 1. The number of aryl methyl sites for hydroxylation is 1. The van der Waals surface area contributed by atoms with E-state index in [0.29, 0.717) is 6.61 Å². The smallest absolute Gasteiger partial charge is 0.251 e. The Kier molecular flexibility index (Phi) is 6.25. The molecule has 1 N–H and O–H groups in total. The number of nitrogens with one attached hydrogen (secondary N) is 1. The highest BCUT2D eigenvalue weighted by Gasteiger charge is 2.30. The molecule has 3 heterocycles. The Balaban J connectivity index is 1.43. The number of rotatable bonds is 4. The fourth-order valence-corrected chi connectivity index (χ4v) is 4.03. The van der Waals surface area contributed by atoms with Crippen molar-refractivity contribution >= 4 is 23.2 Å². The van der Waals surface area contributed by atoms with E-state index in [2.05, 4.69) is 27.1 Å². The normalized spacial score (nSPS) is 21.7. The van der Waals surface area contributed by atoms with Gasteiger partial charge in [-0.25, -0.2) is 4.98 Å². The molecule has 8 heteroatoms. The highest BCUT2D eigenvalue weighted by atomic mass is 32.1. The molecule has 25 heavy (non-hydrogen) atoms. The van der Waals surface area contributed by atoms with E-state index in [9.17, 15) is 4.79 Å². The summed E-state index contributed by atoms with van der Waals surface area (Å²) in [5, 5.41) is 4.56. The fraction of sp³-hybridized carbons (Fsp3) is 0.706. The number of thiazole rings is 1. The van der Waals surface area contributed by atoms with Crippen molar-refractivity contribution in [1.29, 1.82) is 0 Å². The first-order chi connectivity index (χ1) is 12.2. The van der Waals surface area contributed by atoms with Crippen molar-refractivity contribution in [3.8, 4) is 0 Å². The van der Waals surface area contributed by atoms with Gasteiger partial charge < -0.3 is 19.9 Å². The summed E-state index contributed by atoms with van der Waals surface area (Å²) in [4.78, 5) is 26.6. The quantitative estimate of drug-likeness (QED) is 0.634. The maximum atomic E-state index is 12.4. The molecule has 1 amide bonds. The fourth-order valence-electron chi connectivity index (χ4n) is 3.25. The van der Waals surface area contributed by atoms with E-state index in [0.717, 1.165) is 63.0 Å². The summed E-state index contributed by atoms with van der Waals surface area (Å²) in [5.74, 6) is 1.05. The lowest BCUT2D eigenvalue weighted by Crippen LogP contribution is -2.55. The Morgan fingerprint density at radius 3 is 2.76 bits per heavy atom. The molecule has 0 radical (unpaired) electrons. The van der Waals surface area contributed by atoms with E-state index in [1.807, 2.05) is 11.1 Å². The average Bonchev–Trinajstić information content (AvgIpc) is 3.30. The number of amides is 1. The Labute approximate surface area is 153 Å². The van der Waals surface area contributed by atoms with E-state index in [-0.39, 0.29) is 12.0 Å². The maximum absolute atomic E-state index is 12.4. The third-order valence-corrected chi connectivity index (χ3v) is 5.57. The number of hydrogen-bond acceptors (Lipinski definition) is 5. The van der Waals surface area contributed by atoms with Crippen LogP contribution in [0.4, 0.5) is 0 Å². The molecule has 0 saturated carbocycles. The van der Waals surface area contributed by atoms with Gasteiger partial charge in [0.1, 0.15) is 6.10 Å². The van der Waals surface area contributed by atoms with Crippen LogP contribution in [-0.4, -0.2) is 79.1 Å². The van der Waals surface area contributed by atoms with E-state index >= 15 is 0 Å². The maximum Gasteiger partial charge on any atom is 0.251 e. The molecule has 2 fully saturated rings. The van der Waals surface area contributed by atoms with Crippen LogP contribution in [-0.2, 0) is 16.0 Å². The van der Waals surface area contributed by atoms with Gasteiger partial charge in [0, 0.05) is 63.9 Å². The first-order valence-electron chi connectivity index (χ1n) is 8.94. The number of hydrogen-bond donors (Lipinski definition) is 1. The van der Waals surface area contributed by atoms with Gasteiger partial charge in [0.15, 0.2) is 5.96 Å². The number of ether oxygens (including phenoxy) is 1. The minimum Gasteiger partial charge on any atom is -0.368 e. The van der Waals surface area contributed by atoms with Crippen molar-refractivity contribution in [2.45, 2.75) is 32.3 Å². The van der Waals surface area contributed by atoms with Crippen molar-refractivity contribution in [3.05, 3.63) is 16.1 Å². The second kappa shape index (κ2) is 8.62. The van der Waals surface area contributed by atoms with E-state index in [1.54, 1.807) is 18.4 Å². The molecule has 138 valence electrons. The molecule has 7 nitrogen and oxygen atoms in total. The minimum atomic E-state index is -0.217. The molecule has 1 aromatic heterocycles. The molecule has 0 bridgehead atoms. The predicted octanol–water partition coefficient (Wildman–Crippen LogP) is 0.893. The van der Waals surface area contributed by atoms with Crippen molar-refractivity contribution in [2.24, 2.45) is 4.99 Å². The topological polar surface area (TPSA) is 70.1 Å². The van der Waals surface area contributed by atoms with Gasteiger partial charge in [-0.2, -0.15) is 0 Å². The Morgan fingerprint density at radius 1 is 1.40 bits per heavy atom. The molecule has 3 rings (SSSR count). The lowest BCUT2D eigenvalue weighted by molar-refractivity contribution is -0.142. The minimum absolute atomic E-state index is 0.152. The summed E-state index contributed by atoms with van der Waals surface area (Å²) in [6, 6.07) is 0. The van der Waals surface area contributed by atoms with E-state index < -0.39 is 0 Å². The highest BCUT2D eigenvalue weighted by molar-refractivity contribution is 7.11. The van der Waals surface area contributed by atoms with Gasteiger partial charge in [-0.15, -0.1) is 11.3 Å². The Morgan fingerprint density at radius 2 is 2.16 bits per heavy atom. The van der Waals surface area contributed by atoms with Gasteiger partial charge in [-0.1, -0.05) is 0 Å². The van der Waals surface area contributed by atoms with Crippen LogP contribution in [0.1, 0.15) is 22.7 Å². The molecule has 2 aliphatic rings. The Hall–Kier alpha value is -1.67. The van der Waals surface area contributed by atoms with Crippen LogP contribution in [0.15, 0.2) is 11.2 Å². The number of aliphatic imine (C=N–C) groups is 1. The number of carbonyl (C=O) groups excluding carboxylic acids is 1. The van der Waals surface area contributed by atoms with Crippen molar-refractivity contribution in [1.82, 2.24) is 20.1 Å². The molecular weight excluding hydrogens is 338 g/mol. The van der Waals surface area contributed by atoms with Crippen LogP contribution in [0.25, 0.3) is 0 Å². The molecule has 2 aliphatic heterocycles. The molecule has 0 aromatic carbocycles. The van der Waals surface area contributed by atoms with Crippen LogP contribution < -0.4 is 5.32 Å².